The molecule has 1 aliphatic rings. The molecule has 0 spiro atoms. The number of esters is 1. The second-order valence-electron chi connectivity index (χ2n) is 8.75. The molecular formula is C23H29NO3. The van der Waals surface area contributed by atoms with E-state index in [1.54, 1.807) is 6.07 Å². The molecule has 0 saturated heterocycles. The summed E-state index contributed by atoms with van der Waals surface area (Å²) in [5.74, 6) is 0.893. The number of hydrogen-bond acceptors (Lipinski definition) is 4. The Morgan fingerprint density at radius 1 is 1.15 bits per heavy atom. The first-order valence-corrected chi connectivity index (χ1v) is 9.46. The van der Waals surface area contributed by atoms with Crippen LogP contribution in [0, 0.1) is 5.92 Å². The molecule has 3 rings (SSSR count). The molecule has 27 heavy (non-hydrogen) atoms. The number of rotatable bonds is 4. The van der Waals surface area contributed by atoms with Gasteiger partial charge in [-0.05, 0) is 52.0 Å². The highest BCUT2D eigenvalue weighted by molar-refractivity contribution is 5.79. The molecule has 1 aliphatic carbocycles. The van der Waals surface area contributed by atoms with E-state index >= 15 is 0 Å². The van der Waals surface area contributed by atoms with Crippen molar-refractivity contribution in [1.29, 1.82) is 0 Å². The molecule has 0 fully saturated rings. The Morgan fingerprint density at radius 3 is 2.48 bits per heavy atom. The molecule has 0 amide bonds. The smallest absolute Gasteiger partial charge is 0.303 e. The fourth-order valence-corrected chi connectivity index (χ4v) is 4.19. The molecule has 144 valence electrons. The average Bonchev–Trinajstić information content (AvgIpc) is 3.10. The summed E-state index contributed by atoms with van der Waals surface area (Å²) in [6.45, 7) is 15.3. The van der Waals surface area contributed by atoms with E-state index < -0.39 is 0 Å². The lowest BCUT2D eigenvalue weighted by molar-refractivity contribution is -0.142. The number of carbonyl (C=O) groups excluding carboxylic acids is 1. The van der Waals surface area contributed by atoms with Gasteiger partial charge in [-0.3, -0.25) is 4.79 Å². The number of benzene rings is 1. The van der Waals surface area contributed by atoms with E-state index in [1.165, 1.54) is 23.6 Å². The topological polar surface area (TPSA) is 52.3 Å². The molecule has 2 aromatic rings. The summed E-state index contributed by atoms with van der Waals surface area (Å²) in [5.41, 5.74) is 6.09. The third-order valence-electron chi connectivity index (χ3n) is 6.39. The molecule has 4 nitrogen and oxygen atoms in total. The summed E-state index contributed by atoms with van der Waals surface area (Å²) in [5, 5.41) is 3.95. The zero-order chi connectivity index (χ0) is 20.0. The summed E-state index contributed by atoms with van der Waals surface area (Å²) >= 11 is 0. The fraction of sp³-hybridized carbons (Fsp3) is 0.478. The van der Waals surface area contributed by atoms with Gasteiger partial charge >= 0.3 is 5.97 Å². The van der Waals surface area contributed by atoms with Crippen LogP contribution in [-0.2, 0) is 27.0 Å². The normalized spacial score (nSPS) is 20.4. The van der Waals surface area contributed by atoms with Crippen LogP contribution in [0.3, 0.4) is 0 Å². The van der Waals surface area contributed by atoms with Crippen LogP contribution >= 0.6 is 0 Å². The first-order valence-electron chi connectivity index (χ1n) is 9.46. The van der Waals surface area contributed by atoms with E-state index in [0.29, 0.717) is 17.4 Å². The molecule has 4 heteroatoms. The van der Waals surface area contributed by atoms with Gasteiger partial charge in [-0.15, -0.1) is 0 Å². The van der Waals surface area contributed by atoms with Crippen LogP contribution in [-0.4, -0.2) is 11.1 Å². The van der Waals surface area contributed by atoms with Crippen LogP contribution in [0.25, 0.3) is 11.6 Å². The van der Waals surface area contributed by atoms with Crippen molar-refractivity contribution in [2.24, 2.45) is 5.92 Å². The van der Waals surface area contributed by atoms with E-state index in [2.05, 4.69) is 64.9 Å². The lowest BCUT2D eigenvalue weighted by Crippen LogP contribution is -2.30. The number of allylic oxidation sites excluding steroid dienone is 1. The predicted molar refractivity (Wildman–Crippen MR) is 107 cm³/mol. The standard InChI is InChI=1S/C23H29NO3/c1-14(10-19-12-18(24-27-19)13-26-16(3)25)17-8-9-20-21(11-17)23(6,7)15(2)22(20,4)5/h8-12,15H,13H2,1-7H3/b14-10+. The fourth-order valence-electron chi connectivity index (χ4n) is 4.19. The van der Waals surface area contributed by atoms with E-state index in [9.17, 15) is 4.79 Å². The number of hydrogen-bond donors (Lipinski definition) is 0. The summed E-state index contributed by atoms with van der Waals surface area (Å²) in [6, 6.07) is 8.59. The number of carbonyl (C=O) groups is 1. The highest BCUT2D eigenvalue weighted by atomic mass is 16.5. The van der Waals surface area contributed by atoms with E-state index in [1.807, 2.05) is 6.08 Å². The molecule has 0 saturated carbocycles. The maximum Gasteiger partial charge on any atom is 0.303 e. The van der Waals surface area contributed by atoms with Gasteiger partial charge in [0.1, 0.15) is 12.3 Å². The summed E-state index contributed by atoms with van der Waals surface area (Å²) < 4.78 is 10.3. The lowest BCUT2D eigenvalue weighted by Gasteiger charge is -2.32. The molecule has 0 radical (unpaired) electrons. The van der Waals surface area contributed by atoms with Gasteiger partial charge in [-0.25, -0.2) is 0 Å². The van der Waals surface area contributed by atoms with Crippen LogP contribution in [0.1, 0.15) is 76.6 Å². The highest BCUT2D eigenvalue weighted by Gasteiger charge is 2.48. The largest absolute Gasteiger partial charge is 0.459 e. The summed E-state index contributed by atoms with van der Waals surface area (Å²) in [6.07, 6.45) is 1.97. The Kier molecular flexibility index (Phi) is 4.79. The Labute approximate surface area is 161 Å². The van der Waals surface area contributed by atoms with Gasteiger partial charge in [0.25, 0.3) is 0 Å². The first kappa shape index (κ1) is 19.4. The molecule has 1 atom stereocenters. The van der Waals surface area contributed by atoms with E-state index in [4.69, 9.17) is 9.26 Å². The minimum absolute atomic E-state index is 0.131. The van der Waals surface area contributed by atoms with Gasteiger partial charge in [-0.1, -0.05) is 58.0 Å². The molecule has 0 N–H and O–H groups in total. The van der Waals surface area contributed by atoms with Crippen molar-refractivity contribution in [3.63, 3.8) is 0 Å². The monoisotopic (exact) mass is 367 g/mol. The van der Waals surface area contributed by atoms with Crippen molar-refractivity contribution in [1.82, 2.24) is 5.16 Å². The van der Waals surface area contributed by atoms with Gasteiger partial charge in [0.2, 0.25) is 0 Å². The van der Waals surface area contributed by atoms with Gasteiger partial charge in [0.15, 0.2) is 5.76 Å². The van der Waals surface area contributed by atoms with Crippen LogP contribution in [0.2, 0.25) is 0 Å². The predicted octanol–water partition coefficient (Wildman–Crippen LogP) is 5.50. The van der Waals surface area contributed by atoms with Crippen molar-refractivity contribution in [3.8, 4) is 0 Å². The zero-order valence-corrected chi connectivity index (χ0v) is 17.3. The molecule has 1 unspecified atom stereocenters. The molecule has 1 heterocycles. The Hall–Kier alpha value is -2.36. The van der Waals surface area contributed by atoms with Crippen molar-refractivity contribution in [2.75, 3.05) is 0 Å². The third-order valence-corrected chi connectivity index (χ3v) is 6.39. The molecule has 1 aromatic heterocycles. The van der Waals surface area contributed by atoms with Gasteiger partial charge < -0.3 is 9.26 Å². The number of fused-ring (bicyclic) bond motifs is 1. The minimum Gasteiger partial charge on any atom is -0.459 e. The average molecular weight is 367 g/mol. The van der Waals surface area contributed by atoms with E-state index in [-0.39, 0.29) is 23.4 Å². The Bertz CT molecular complexity index is 902. The van der Waals surface area contributed by atoms with Crippen LogP contribution < -0.4 is 0 Å². The van der Waals surface area contributed by atoms with E-state index in [0.717, 1.165) is 5.57 Å². The zero-order valence-electron chi connectivity index (χ0n) is 17.3. The van der Waals surface area contributed by atoms with Gasteiger partial charge in [-0.2, -0.15) is 0 Å². The van der Waals surface area contributed by atoms with Crippen molar-refractivity contribution in [3.05, 3.63) is 52.4 Å². The van der Waals surface area contributed by atoms with Crippen LogP contribution in [0.5, 0.6) is 0 Å². The first-order chi connectivity index (χ1) is 12.5. The second kappa shape index (κ2) is 6.66. The molecule has 1 aromatic carbocycles. The Balaban J connectivity index is 1.89. The summed E-state index contributed by atoms with van der Waals surface area (Å²) in [4.78, 5) is 10.9. The lowest BCUT2D eigenvalue weighted by atomic mass is 9.71. The molecular weight excluding hydrogens is 338 g/mol. The summed E-state index contributed by atoms with van der Waals surface area (Å²) in [7, 11) is 0. The Morgan fingerprint density at radius 2 is 1.81 bits per heavy atom. The minimum atomic E-state index is -0.329. The number of ether oxygens (including phenoxy) is 1. The SMILES string of the molecule is CC(=O)OCc1cc(/C=C(\C)c2ccc3c(c2)C(C)(C)C(C)C3(C)C)on1. The number of aromatic nitrogens is 1. The van der Waals surface area contributed by atoms with Gasteiger partial charge in [0, 0.05) is 13.0 Å². The third kappa shape index (κ3) is 3.45. The quantitative estimate of drug-likeness (QED) is 0.669. The maximum absolute atomic E-state index is 10.9. The maximum atomic E-state index is 10.9. The number of nitrogens with zero attached hydrogens (tertiary/aromatic N) is 1. The van der Waals surface area contributed by atoms with Crippen molar-refractivity contribution < 1.29 is 14.1 Å². The molecule has 0 bridgehead atoms. The van der Waals surface area contributed by atoms with Crippen LogP contribution in [0.15, 0.2) is 28.8 Å². The van der Waals surface area contributed by atoms with Gasteiger partial charge in [0.05, 0.1) is 0 Å². The van der Waals surface area contributed by atoms with Crippen molar-refractivity contribution >= 4 is 17.6 Å². The van der Waals surface area contributed by atoms with Crippen LogP contribution in [0.4, 0.5) is 0 Å². The second-order valence-corrected chi connectivity index (χ2v) is 8.75. The highest BCUT2D eigenvalue weighted by Crippen LogP contribution is 2.53. The molecule has 0 aliphatic heterocycles. The van der Waals surface area contributed by atoms with Crippen molar-refractivity contribution in [2.45, 2.75) is 65.9 Å².